The molecule has 1 amide bonds. The van der Waals surface area contributed by atoms with Crippen LogP contribution >= 0.6 is 11.6 Å². The van der Waals surface area contributed by atoms with E-state index in [4.69, 9.17) is 16.7 Å². The van der Waals surface area contributed by atoms with E-state index in [0.717, 1.165) is 6.42 Å². The van der Waals surface area contributed by atoms with Crippen LogP contribution in [0.3, 0.4) is 0 Å². The van der Waals surface area contributed by atoms with Gasteiger partial charge >= 0.3 is 5.97 Å². The minimum atomic E-state index is -0.917. The number of amides is 1. The number of aromatic nitrogens is 1. The summed E-state index contributed by atoms with van der Waals surface area (Å²) >= 11 is 5.88. The third-order valence-electron chi connectivity index (χ3n) is 3.17. The van der Waals surface area contributed by atoms with E-state index in [2.05, 4.69) is 10.3 Å². The van der Waals surface area contributed by atoms with Crippen LogP contribution in [0, 0.1) is 11.8 Å². The molecule has 1 aromatic heterocycles. The van der Waals surface area contributed by atoms with Crippen molar-refractivity contribution in [2.24, 2.45) is 11.8 Å². The van der Waals surface area contributed by atoms with Crippen molar-refractivity contribution in [1.29, 1.82) is 0 Å². The molecule has 1 aliphatic carbocycles. The maximum absolute atomic E-state index is 12.0. The van der Waals surface area contributed by atoms with Gasteiger partial charge in [-0.15, -0.1) is 0 Å². The van der Waals surface area contributed by atoms with Gasteiger partial charge in [-0.25, -0.2) is 4.98 Å². The van der Waals surface area contributed by atoms with Crippen LogP contribution in [0.4, 0.5) is 5.82 Å². The summed E-state index contributed by atoms with van der Waals surface area (Å²) in [6, 6.07) is 3.28. The topological polar surface area (TPSA) is 79.3 Å². The number of nitrogens with zero attached hydrogens (tertiary/aromatic N) is 1. The van der Waals surface area contributed by atoms with Crippen molar-refractivity contribution in [3.8, 4) is 0 Å². The number of hydrogen-bond acceptors (Lipinski definition) is 3. The predicted octanol–water partition coefficient (Wildman–Crippen LogP) is 2.17. The summed E-state index contributed by atoms with van der Waals surface area (Å²) in [5.41, 5.74) is 0. The Bertz CT molecular complexity index is 478. The zero-order chi connectivity index (χ0) is 13.1. The normalized spacial score (nSPS) is 22.7. The fourth-order valence-corrected chi connectivity index (χ4v) is 2.43. The Hall–Kier alpha value is -1.62. The maximum Gasteiger partial charge on any atom is 0.307 e. The first-order chi connectivity index (χ1) is 8.59. The molecule has 1 aliphatic rings. The van der Waals surface area contributed by atoms with Crippen LogP contribution < -0.4 is 5.32 Å². The van der Waals surface area contributed by atoms with Crippen molar-refractivity contribution in [3.05, 3.63) is 23.4 Å². The maximum atomic E-state index is 12.0. The molecule has 18 heavy (non-hydrogen) atoms. The van der Waals surface area contributed by atoms with Crippen LogP contribution in [-0.2, 0) is 9.59 Å². The standard InChI is InChI=1S/C12H13ClN2O3/c13-9-5-2-6-14-10(9)15-11(16)7-3-1-4-8(7)12(17)18/h2,5-8H,1,3-4H2,(H,17,18)(H,14,15,16). The van der Waals surface area contributed by atoms with E-state index in [-0.39, 0.29) is 11.7 Å². The van der Waals surface area contributed by atoms with Crippen LogP contribution in [0.15, 0.2) is 18.3 Å². The van der Waals surface area contributed by atoms with Gasteiger partial charge in [-0.05, 0) is 25.0 Å². The quantitative estimate of drug-likeness (QED) is 0.881. The first kappa shape index (κ1) is 12.8. The molecular formula is C12H13ClN2O3. The van der Waals surface area contributed by atoms with Gasteiger partial charge < -0.3 is 10.4 Å². The van der Waals surface area contributed by atoms with Crippen LogP contribution in [0.5, 0.6) is 0 Å². The second-order valence-corrected chi connectivity index (χ2v) is 4.71. The molecule has 6 heteroatoms. The molecular weight excluding hydrogens is 256 g/mol. The van der Waals surface area contributed by atoms with E-state index in [1.54, 1.807) is 12.1 Å². The number of halogens is 1. The molecule has 0 spiro atoms. The first-order valence-electron chi connectivity index (χ1n) is 5.74. The van der Waals surface area contributed by atoms with Gasteiger partial charge in [-0.3, -0.25) is 9.59 Å². The highest BCUT2D eigenvalue weighted by atomic mass is 35.5. The molecule has 0 radical (unpaired) electrons. The summed E-state index contributed by atoms with van der Waals surface area (Å²) in [5, 5.41) is 12.0. The van der Waals surface area contributed by atoms with Gasteiger partial charge in [0.15, 0.2) is 5.82 Å². The first-order valence-corrected chi connectivity index (χ1v) is 6.11. The number of carboxylic acids is 1. The average molecular weight is 269 g/mol. The molecule has 96 valence electrons. The Balaban J connectivity index is 2.08. The monoisotopic (exact) mass is 268 g/mol. The molecule has 0 bridgehead atoms. The molecule has 1 saturated carbocycles. The fraction of sp³-hybridized carbons (Fsp3) is 0.417. The van der Waals surface area contributed by atoms with Crippen molar-refractivity contribution in [1.82, 2.24) is 4.98 Å². The highest BCUT2D eigenvalue weighted by Gasteiger charge is 2.37. The van der Waals surface area contributed by atoms with Crippen molar-refractivity contribution in [3.63, 3.8) is 0 Å². The van der Waals surface area contributed by atoms with E-state index in [9.17, 15) is 9.59 Å². The summed E-state index contributed by atoms with van der Waals surface area (Å²) in [5.74, 6) is -2.06. The number of hydrogen-bond donors (Lipinski definition) is 2. The summed E-state index contributed by atoms with van der Waals surface area (Å²) in [4.78, 5) is 27.0. The molecule has 2 N–H and O–H groups in total. The summed E-state index contributed by atoms with van der Waals surface area (Å²) < 4.78 is 0. The molecule has 1 heterocycles. The lowest BCUT2D eigenvalue weighted by molar-refractivity contribution is -0.145. The molecule has 5 nitrogen and oxygen atoms in total. The SMILES string of the molecule is O=C(O)C1CCCC1C(=O)Nc1ncccc1Cl. The lowest BCUT2D eigenvalue weighted by Gasteiger charge is -2.15. The van der Waals surface area contributed by atoms with Crippen molar-refractivity contribution < 1.29 is 14.7 Å². The number of rotatable bonds is 3. The molecule has 1 fully saturated rings. The predicted molar refractivity (Wildman–Crippen MR) is 66.3 cm³/mol. The lowest BCUT2D eigenvalue weighted by atomic mass is 9.95. The Morgan fingerprint density at radius 1 is 1.39 bits per heavy atom. The van der Waals surface area contributed by atoms with Gasteiger partial charge in [0.05, 0.1) is 16.9 Å². The van der Waals surface area contributed by atoms with Crippen LogP contribution in [0.25, 0.3) is 0 Å². The van der Waals surface area contributed by atoms with E-state index >= 15 is 0 Å². The third-order valence-corrected chi connectivity index (χ3v) is 3.47. The zero-order valence-electron chi connectivity index (χ0n) is 9.60. The number of anilines is 1. The smallest absolute Gasteiger partial charge is 0.307 e. The van der Waals surface area contributed by atoms with Gasteiger partial charge in [0.1, 0.15) is 0 Å². The second-order valence-electron chi connectivity index (χ2n) is 4.31. The molecule has 2 rings (SSSR count). The second kappa shape index (κ2) is 5.35. The van der Waals surface area contributed by atoms with E-state index < -0.39 is 17.8 Å². The summed E-state index contributed by atoms with van der Waals surface area (Å²) in [6.45, 7) is 0. The largest absolute Gasteiger partial charge is 0.481 e. The average Bonchev–Trinajstić information content (AvgIpc) is 2.81. The van der Waals surface area contributed by atoms with E-state index in [1.807, 2.05) is 0 Å². The van der Waals surface area contributed by atoms with E-state index in [0.29, 0.717) is 17.9 Å². The van der Waals surface area contributed by atoms with Crippen LogP contribution in [0.1, 0.15) is 19.3 Å². The Kier molecular flexibility index (Phi) is 3.81. The third kappa shape index (κ3) is 2.61. The van der Waals surface area contributed by atoms with Crippen LogP contribution in [0.2, 0.25) is 5.02 Å². The fourth-order valence-electron chi connectivity index (χ4n) is 2.26. The van der Waals surface area contributed by atoms with E-state index in [1.165, 1.54) is 6.20 Å². The van der Waals surface area contributed by atoms with Gasteiger partial charge in [0.2, 0.25) is 5.91 Å². The zero-order valence-corrected chi connectivity index (χ0v) is 10.4. The number of pyridine rings is 1. The lowest BCUT2D eigenvalue weighted by Crippen LogP contribution is -2.30. The van der Waals surface area contributed by atoms with Gasteiger partial charge in [-0.2, -0.15) is 0 Å². The highest BCUT2D eigenvalue weighted by molar-refractivity contribution is 6.33. The molecule has 0 aliphatic heterocycles. The minimum Gasteiger partial charge on any atom is -0.481 e. The molecule has 0 saturated heterocycles. The number of carbonyl (C=O) groups is 2. The number of carboxylic acid groups (broad SMARTS) is 1. The minimum absolute atomic E-state index is 0.278. The summed E-state index contributed by atoms with van der Waals surface area (Å²) in [7, 11) is 0. The van der Waals surface area contributed by atoms with Crippen molar-refractivity contribution in [2.45, 2.75) is 19.3 Å². The Morgan fingerprint density at radius 2 is 2.11 bits per heavy atom. The molecule has 2 unspecified atom stereocenters. The van der Waals surface area contributed by atoms with Crippen molar-refractivity contribution >= 4 is 29.3 Å². The Labute approximate surface area is 109 Å². The van der Waals surface area contributed by atoms with Gasteiger partial charge in [0.25, 0.3) is 0 Å². The summed E-state index contributed by atoms with van der Waals surface area (Å²) in [6.07, 6.45) is 3.41. The highest BCUT2D eigenvalue weighted by Crippen LogP contribution is 2.33. The molecule has 1 aromatic rings. The molecule has 0 aromatic carbocycles. The van der Waals surface area contributed by atoms with Crippen LogP contribution in [-0.4, -0.2) is 22.0 Å². The van der Waals surface area contributed by atoms with Gasteiger partial charge in [0, 0.05) is 6.20 Å². The van der Waals surface area contributed by atoms with Gasteiger partial charge in [-0.1, -0.05) is 18.0 Å². The Morgan fingerprint density at radius 3 is 2.78 bits per heavy atom. The van der Waals surface area contributed by atoms with Crippen molar-refractivity contribution in [2.75, 3.05) is 5.32 Å². The number of aliphatic carboxylic acids is 1. The molecule has 2 atom stereocenters. The number of carbonyl (C=O) groups excluding carboxylic acids is 1. The number of nitrogens with one attached hydrogen (secondary N) is 1.